The smallest absolute Gasteiger partial charge is 0.146 e. The minimum Gasteiger partial charge on any atom is -0.328 e. The van der Waals surface area contributed by atoms with Gasteiger partial charge in [0, 0.05) is 30.4 Å². The van der Waals surface area contributed by atoms with Gasteiger partial charge in [0.05, 0.1) is 17.7 Å². The highest BCUT2D eigenvalue weighted by molar-refractivity contribution is 7.09. The molecule has 3 rings (SSSR count). The van der Waals surface area contributed by atoms with Crippen LogP contribution in [-0.2, 0) is 20.0 Å². The highest BCUT2D eigenvalue weighted by Crippen LogP contribution is 2.34. The number of likely N-dealkylation sites (N-methyl/N-ethyl adjacent to an activating group) is 1. The van der Waals surface area contributed by atoms with Crippen molar-refractivity contribution in [1.29, 1.82) is 0 Å². The monoisotopic (exact) mass is 320 g/mol. The topological polar surface area (TPSA) is 72.9 Å². The van der Waals surface area contributed by atoms with Gasteiger partial charge in [0.1, 0.15) is 11.6 Å². The van der Waals surface area contributed by atoms with E-state index in [1.807, 2.05) is 5.51 Å². The first-order valence-corrected chi connectivity index (χ1v) is 8.63. The van der Waals surface area contributed by atoms with Crippen molar-refractivity contribution in [2.75, 3.05) is 13.6 Å². The molecule has 2 heterocycles. The van der Waals surface area contributed by atoms with Gasteiger partial charge in [0.2, 0.25) is 0 Å². The van der Waals surface area contributed by atoms with Crippen LogP contribution in [0.5, 0.6) is 0 Å². The summed E-state index contributed by atoms with van der Waals surface area (Å²) < 4.78 is 2.14. The average Bonchev–Trinajstić information content (AvgIpc) is 3.01. The van der Waals surface area contributed by atoms with E-state index in [4.69, 9.17) is 5.73 Å². The molecule has 0 radical (unpaired) electrons. The summed E-state index contributed by atoms with van der Waals surface area (Å²) in [6, 6.07) is 0.343. The fourth-order valence-electron chi connectivity index (χ4n) is 2.92. The van der Waals surface area contributed by atoms with Crippen molar-refractivity contribution in [3.63, 3.8) is 0 Å². The molecule has 1 aliphatic rings. The summed E-state index contributed by atoms with van der Waals surface area (Å²) in [6.07, 6.45) is 3.11. The van der Waals surface area contributed by atoms with Crippen molar-refractivity contribution in [3.05, 3.63) is 27.7 Å². The normalized spacial score (nSPS) is 21.3. The molecule has 2 aromatic rings. The Kier molecular flexibility index (Phi) is 4.56. The van der Waals surface area contributed by atoms with Crippen LogP contribution >= 0.6 is 11.3 Å². The molecule has 0 spiro atoms. The molecule has 2 aromatic heterocycles. The third-order valence-electron chi connectivity index (χ3n) is 4.52. The second-order valence-corrected chi connectivity index (χ2v) is 7.25. The van der Waals surface area contributed by atoms with Crippen molar-refractivity contribution in [2.45, 2.75) is 44.7 Å². The fraction of sp³-hybridized carbons (Fsp3) is 0.667. The Morgan fingerprint density at radius 1 is 1.41 bits per heavy atom. The van der Waals surface area contributed by atoms with Gasteiger partial charge in [-0.2, -0.15) is 0 Å². The quantitative estimate of drug-likeness (QED) is 0.872. The number of nitrogens with zero attached hydrogens (tertiary/aromatic N) is 5. The van der Waals surface area contributed by atoms with E-state index in [9.17, 15) is 0 Å². The minimum atomic E-state index is 0.343. The summed E-state index contributed by atoms with van der Waals surface area (Å²) in [7, 11) is 4.19. The molecule has 0 saturated heterocycles. The Balaban J connectivity index is 1.55. The van der Waals surface area contributed by atoms with Gasteiger partial charge in [-0.1, -0.05) is 0 Å². The van der Waals surface area contributed by atoms with Crippen LogP contribution in [0.15, 0.2) is 5.51 Å². The Labute approximate surface area is 135 Å². The molecule has 0 atom stereocenters. The minimum absolute atomic E-state index is 0.343. The summed E-state index contributed by atoms with van der Waals surface area (Å²) in [4.78, 5) is 7.96. The third kappa shape index (κ3) is 3.21. The zero-order valence-corrected chi connectivity index (χ0v) is 14.3. The SMILES string of the molecule is Cc1ncsc1CCN(C)Cc1nnc(C2CC(N)C2)n1C. The van der Waals surface area contributed by atoms with Crippen molar-refractivity contribution < 1.29 is 0 Å². The molecule has 1 saturated carbocycles. The lowest BCUT2D eigenvalue weighted by molar-refractivity contribution is 0.312. The number of hydrogen-bond donors (Lipinski definition) is 1. The predicted molar refractivity (Wildman–Crippen MR) is 87.8 cm³/mol. The molecule has 0 unspecified atom stereocenters. The Hall–Kier alpha value is -1.31. The summed E-state index contributed by atoms with van der Waals surface area (Å²) in [6.45, 7) is 3.89. The summed E-state index contributed by atoms with van der Waals surface area (Å²) in [5.74, 6) is 2.61. The zero-order valence-electron chi connectivity index (χ0n) is 13.5. The Morgan fingerprint density at radius 2 is 2.18 bits per heavy atom. The van der Waals surface area contributed by atoms with Gasteiger partial charge in [0.25, 0.3) is 0 Å². The lowest BCUT2D eigenvalue weighted by Gasteiger charge is -2.31. The van der Waals surface area contributed by atoms with Crippen LogP contribution in [0.4, 0.5) is 0 Å². The molecule has 2 N–H and O–H groups in total. The van der Waals surface area contributed by atoms with E-state index in [1.165, 1.54) is 4.88 Å². The molecule has 120 valence electrons. The fourth-order valence-corrected chi connectivity index (χ4v) is 3.69. The Morgan fingerprint density at radius 3 is 2.82 bits per heavy atom. The summed E-state index contributed by atoms with van der Waals surface area (Å²) in [5, 5.41) is 8.74. The predicted octanol–water partition coefficient (Wildman–Crippen LogP) is 1.46. The molecule has 22 heavy (non-hydrogen) atoms. The number of aryl methyl sites for hydroxylation is 1. The lowest BCUT2D eigenvalue weighted by atomic mass is 9.80. The van der Waals surface area contributed by atoms with Crippen molar-refractivity contribution >= 4 is 11.3 Å². The first-order chi connectivity index (χ1) is 10.5. The molecule has 1 aliphatic carbocycles. The highest BCUT2D eigenvalue weighted by Gasteiger charge is 2.31. The van der Waals surface area contributed by atoms with Crippen LogP contribution in [0.3, 0.4) is 0 Å². The van der Waals surface area contributed by atoms with E-state index in [-0.39, 0.29) is 0 Å². The van der Waals surface area contributed by atoms with Gasteiger partial charge in [-0.15, -0.1) is 21.5 Å². The molecule has 6 nitrogen and oxygen atoms in total. The number of hydrogen-bond acceptors (Lipinski definition) is 6. The zero-order chi connectivity index (χ0) is 15.7. The standard InChI is InChI=1S/C15H24N6S/c1-10-13(22-9-17-10)4-5-20(2)8-14-18-19-15(21(14)3)11-6-12(16)7-11/h9,11-12H,4-8,16H2,1-3H3. The average molecular weight is 320 g/mol. The molecule has 0 bridgehead atoms. The van der Waals surface area contributed by atoms with Crippen LogP contribution in [0.2, 0.25) is 0 Å². The van der Waals surface area contributed by atoms with E-state index in [1.54, 1.807) is 11.3 Å². The lowest BCUT2D eigenvalue weighted by Crippen LogP contribution is -2.36. The van der Waals surface area contributed by atoms with Crippen LogP contribution in [0.25, 0.3) is 0 Å². The van der Waals surface area contributed by atoms with Gasteiger partial charge in [-0.3, -0.25) is 4.90 Å². The molecule has 7 heteroatoms. The van der Waals surface area contributed by atoms with Crippen molar-refractivity contribution in [3.8, 4) is 0 Å². The largest absolute Gasteiger partial charge is 0.328 e. The van der Waals surface area contributed by atoms with E-state index >= 15 is 0 Å². The second kappa shape index (κ2) is 6.44. The molecule has 0 amide bonds. The van der Waals surface area contributed by atoms with Crippen LogP contribution in [-0.4, -0.2) is 44.3 Å². The van der Waals surface area contributed by atoms with Gasteiger partial charge in [-0.25, -0.2) is 4.98 Å². The molecule has 0 aromatic carbocycles. The van der Waals surface area contributed by atoms with Gasteiger partial charge in [-0.05, 0) is 33.2 Å². The van der Waals surface area contributed by atoms with E-state index in [2.05, 4.69) is 45.7 Å². The van der Waals surface area contributed by atoms with Gasteiger partial charge in [0.15, 0.2) is 0 Å². The van der Waals surface area contributed by atoms with Crippen molar-refractivity contribution in [1.82, 2.24) is 24.6 Å². The Bertz CT molecular complexity index is 628. The molecule has 1 fully saturated rings. The number of thiazole rings is 1. The maximum atomic E-state index is 5.87. The van der Waals surface area contributed by atoms with Crippen molar-refractivity contribution in [2.24, 2.45) is 12.8 Å². The highest BCUT2D eigenvalue weighted by atomic mass is 32.1. The maximum absolute atomic E-state index is 5.87. The second-order valence-electron chi connectivity index (χ2n) is 6.31. The molecular weight excluding hydrogens is 296 g/mol. The van der Waals surface area contributed by atoms with E-state index in [0.29, 0.717) is 12.0 Å². The number of aromatic nitrogens is 4. The maximum Gasteiger partial charge on any atom is 0.146 e. The number of nitrogens with two attached hydrogens (primary N) is 1. The number of rotatable bonds is 6. The van der Waals surface area contributed by atoms with Gasteiger partial charge >= 0.3 is 0 Å². The molecular formula is C15H24N6S. The third-order valence-corrected chi connectivity index (χ3v) is 5.51. The summed E-state index contributed by atoms with van der Waals surface area (Å²) in [5.41, 5.74) is 8.95. The van der Waals surface area contributed by atoms with Crippen LogP contribution < -0.4 is 5.73 Å². The molecule has 0 aliphatic heterocycles. The first-order valence-electron chi connectivity index (χ1n) is 7.76. The van der Waals surface area contributed by atoms with E-state index < -0.39 is 0 Å². The first kappa shape index (κ1) is 15.6. The summed E-state index contributed by atoms with van der Waals surface area (Å²) >= 11 is 1.74. The van der Waals surface area contributed by atoms with Crippen LogP contribution in [0.1, 0.15) is 41.0 Å². The van der Waals surface area contributed by atoms with Crippen LogP contribution in [0, 0.1) is 6.92 Å². The van der Waals surface area contributed by atoms with Gasteiger partial charge < -0.3 is 10.3 Å². The van der Waals surface area contributed by atoms with E-state index in [0.717, 1.165) is 49.7 Å².